The Bertz CT molecular complexity index is 518. The van der Waals surface area contributed by atoms with Crippen molar-refractivity contribution in [1.29, 1.82) is 0 Å². The van der Waals surface area contributed by atoms with Crippen LogP contribution in [0, 0.1) is 24.4 Å². The minimum Gasteiger partial charge on any atom is -0.206 e. The number of hydrogen-bond donors (Lipinski definition) is 0. The van der Waals surface area contributed by atoms with E-state index in [-0.39, 0.29) is 5.56 Å². The second-order valence-corrected chi connectivity index (χ2v) is 3.37. The predicted octanol–water partition coefficient (Wildman–Crippen LogP) is 3.95. The van der Waals surface area contributed by atoms with E-state index in [2.05, 4.69) is 6.92 Å². The van der Waals surface area contributed by atoms with Crippen molar-refractivity contribution in [1.82, 2.24) is 0 Å². The summed E-state index contributed by atoms with van der Waals surface area (Å²) in [6.07, 6.45) is 0. The van der Waals surface area contributed by atoms with Crippen molar-refractivity contribution in [3.63, 3.8) is 0 Å². The molecule has 0 amide bonds. The lowest BCUT2D eigenvalue weighted by Gasteiger charge is -2.08. The van der Waals surface area contributed by atoms with Crippen LogP contribution >= 0.6 is 0 Å². The van der Waals surface area contributed by atoms with E-state index in [9.17, 15) is 13.2 Å². The van der Waals surface area contributed by atoms with E-state index in [1.165, 1.54) is 0 Å². The summed E-state index contributed by atoms with van der Waals surface area (Å²) >= 11 is 0. The normalized spacial score (nSPS) is 10.5. The highest BCUT2D eigenvalue weighted by atomic mass is 19.1. The fourth-order valence-electron chi connectivity index (χ4n) is 1.50. The Labute approximate surface area is 91.4 Å². The molecule has 2 aromatic carbocycles. The van der Waals surface area contributed by atoms with Crippen molar-refractivity contribution in [3.8, 4) is 11.1 Å². The first-order valence-corrected chi connectivity index (χ1v) is 4.66. The Balaban J connectivity index is 2.71. The van der Waals surface area contributed by atoms with Gasteiger partial charge in [-0.1, -0.05) is 30.3 Å². The van der Waals surface area contributed by atoms with Gasteiger partial charge in [-0.25, -0.2) is 13.2 Å². The van der Waals surface area contributed by atoms with Gasteiger partial charge >= 0.3 is 0 Å². The number of rotatable bonds is 1. The van der Waals surface area contributed by atoms with E-state index >= 15 is 0 Å². The third-order valence-electron chi connectivity index (χ3n) is 2.33. The van der Waals surface area contributed by atoms with Gasteiger partial charge in [-0.05, 0) is 12.5 Å². The second-order valence-electron chi connectivity index (χ2n) is 3.37. The maximum absolute atomic E-state index is 13.7. The van der Waals surface area contributed by atoms with Crippen LogP contribution < -0.4 is 0 Å². The van der Waals surface area contributed by atoms with Gasteiger partial charge in [-0.3, -0.25) is 0 Å². The topological polar surface area (TPSA) is 0 Å². The molecule has 16 heavy (non-hydrogen) atoms. The van der Waals surface area contributed by atoms with Crippen LogP contribution in [0.15, 0.2) is 36.4 Å². The average molecular weight is 221 g/mol. The predicted molar refractivity (Wildman–Crippen MR) is 56.2 cm³/mol. The first-order valence-electron chi connectivity index (χ1n) is 4.66. The van der Waals surface area contributed by atoms with Gasteiger partial charge in [0.1, 0.15) is 17.5 Å². The largest absolute Gasteiger partial charge is 0.206 e. The van der Waals surface area contributed by atoms with Crippen LogP contribution in [0.3, 0.4) is 0 Å². The number of benzene rings is 2. The summed E-state index contributed by atoms with van der Waals surface area (Å²) in [5, 5.41) is 0. The van der Waals surface area contributed by atoms with Crippen molar-refractivity contribution in [3.05, 3.63) is 66.3 Å². The lowest BCUT2D eigenvalue weighted by atomic mass is 10.0. The molecule has 1 radical (unpaired) electrons. The van der Waals surface area contributed by atoms with Crippen LogP contribution in [0.2, 0.25) is 0 Å². The molecule has 0 bridgehead atoms. The molecule has 0 aromatic heterocycles. The third kappa shape index (κ3) is 1.69. The molecule has 0 heterocycles. The second kappa shape index (κ2) is 4.00. The van der Waals surface area contributed by atoms with Gasteiger partial charge in [0, 0.05) is 11.6 Å². The van der Waals surface area contributed by atoms with Crippen LogP contribution in [0.1, 0.15) is 5.56 Å². The molecule has 2 aromatic rings. The van der Waals surface area contributed by atoms with Crippen molar-refractivity contribution in [2.24, 2.45) is 0 Å². The molecule has 0 aliphatic rings. The highest BCUT2D eigenvalue weighted by molar-refractivity contribution is 5.66. The molecule has 0 saturated carbocycles. The van der Waals surface area contributed by atoms with E-state index < -0.39 is 23.0 Å². The van der Waals surface area contributed by atoms with E-state index in [4.69, 9.17) is 0 Å². The molecule has 3 heteroatoms. The van der Waals surface area contributed by atoms with Gasteiger partial charge in [0.15, 0.2) is 0 Å². The molecule has 0 unspecified atom stereocenters. The highest BCUT2D eigenvalue weighted by Gasteiger charge is 2.16. The molecule has 2 rings (SSSR count). The Hall–Kier alpha value is -1.77. The minimum atomic E-state index is -0.977. The van der Waals surface area contributed by atoms with Crippen molar-refractivity contribution in [2.75, 3.05) is 0 Å². The van der Waals surface area contributed by atoms with Crippen LogP contribution in [0.4, 0.5) is 13.2 Å². The molecular weight excluding hydrogens is 213 g/mol. The standard InChI is InChI=1S/C13H8F3/c1-8-10(14)7-11(15)12(13(8)16)9-5-3-2-4-6-9/h2-7H,1H2. The van der Waals surface area contributed by atoms with Gasteiger partial charge in [0.25, 0.3) is 0 Å². The van der Waals surface area contributed by atoms with Crippen molar-refractivity contribution >= 4 is 0 Å². The Morgan fingerprint density at radius 3 is 2.12 bits per heavy atom. The summed E-state index contributed by atoms with van der Waals surface area (Å²) in [5.74, 6) is -2.85. The van der Waals surface area contributed by atoms with Gasteiger partial charge in [0.05, 0.1) is 5.56 Å². The van der Waals surface area contributed by atoms with Crippen molar-refractivity contribution in [2.45, 2.75) is 0 Å². The summed E-state index contributed by atoms with van der Waals surface area (Å²) in [6.45, 7) is 3.23. The smallest absolute Gasteiger partial charge is 0.140 e. The van der Waals surface area contributed by atoms with E-state index in [0.29, 0.717) is 11.6 Å². The maximum Gasteiger partial charge on any atom is 0.140 e. The van der Waals surface area contributed by atoms with Crippen LogP contribution in [-0.4, -0.2) is 0 Å². The number of halogens is 3. The summed E-state index contributed by atoms with van der Waals surface area (Å²) in [6, 6.07) is 8.79. The molecular formula is C13H8F3. The highest BCUT2D eigenvalue weighted by Crippen LogP contribution is 2.29. The van der Waals surface area contributed by atoms with Crippen molar-refractivity contribution < 1.29 is 13.2 Å². The summed E-state index contributed by atoms with van der Waals surface area (Å²) in [5.41, 5.74) is -0.297. The zero-order chi connectivity index (χ0) is 11.7. The molecule has 0 spiro atoms. The van der Waals surface area contributed by atoms with E-state index in [1.807, 2.05) is 0 Å². The molecule has 0 atom stereocenters. The zero-order valence-electron chi connectivity index (χ0n) is 8.31. The average Bonchev–Trinajstić information content (AvgIpc) is 2.28. The van der Waals surface area contributed by atoms with E-state index in [0.717, 1.165) is 0 Å². The van der Waals surface area contributed by atoms with Gasteiger partial charge in [-0.15, -0.1) is 0 Å². The first-order chi connectivity index (χ1) is 7.61. The van der Waals surface area contributed by atoms with Crippen LogP contribution in [0.25, 0.3) is 11.1 Å². The Morgan fingerprint density at radius 1 is 0.875 bits per heavy atom. The Kier molecular flexibility index (Phi) is 2.69. The third-order valence-corrected chi connectivity index (χ3v) is 2.33. The Morgan fingerprint density at radius 2 is 1.50 bits per heavy atom. The maximum atomic E-state index is 13.7. The fourth-order valence-corrected chi connectivity index (χ4v) is 1.50. The van der Waals surface area contributed by atoms with Crippen LogP contribution in [0.5, 0.6) is 0 Å². The molecule has 81 valence electrons. The molecule has 0 fully saturated rings. The van der Waals surface area contributed by atoms with Gasteiger partial charge < -0.3 is 0 Å². The minimum absolute atomic E-state index is 0.244. The van der Waals surface area contributed by atoms with Gasteiger partial charge in [0.2, 0.25) is 0 Å². The monoisotopic (exact) mass is 221 g/mol. The lowest BCUT2D eigenvalue weighted by molar-refractivity contribution is 0.542. The van der Waals surface area contributed by atoms with Crippen LogP contribution in [-0.2, 0) is 0 Å². The quantitative estimate of drug-likeness (QED) is 0.683. The molecule has 0 aliphatic carbocycles. The summed E-state index contributed by atoms with van der Waals surface area (Å²) < 4.78 is 40.1. The zero-order valence-corrected chi connectivity index (χ0v) is 8.31. The number of hydrogen-bond acceptors (Lipinski definition) is 0. The fraction of sp³-hybridized carbons (Fsp3) is 0. The van der Waals surface area contributed by atoms with Gasteiger partial charge in [-0.2, -0.15) is 0 Å². The lowest BCUT2D eigenvalue weighted by Crippen LogP contribution is -1.97. The summed E-state index contributed by atoms with van der Waals surface area (Å²) in [4.78, 5) is 0. The SMILES string of the molecule is [CH2]c1c(F)cc(F)c(-c2ccccc2)c1F. The van der Waals surface area contributed by atoms with E-state index in [1.54, 1.807) is 30.3 Å². The molecule has 0 N–H and O–H groups in total. The molecule has 0 saturated heterocycles. The molecule has 0 nitrogen and oxygen atoms in total. The first kappa shape index (κ1) is 10.7. The summed E-state index contributed by atoms with van der Waals surface area (Å²) in [7, 11) is 0. The molecule has 0 aliphatic heterocycles.